The molecule has 6 nitrogen and oxygen atoms in total. The number of hydrogen-bond donors (Lipinski definition) is 0. The number of nitrogens with zero attached hydrogens (tertiary/aromatic N) is 2. The molecular weight excluding hydrogens is 404 g/mol. The number of ketones is 1. The number of fused-ring (bicyclic) bond motifs is 5. The van der Waals surface area contributed by atoms with Crippen LogP contribution < -0.4 is 4.90 Å². The SMILES string of the molecule is O=C(c1ccccc1)[C@@H]1[C@H]2C(=O)N(C[C@@H]3CCCO3)C(=O)[C@H]2[C@@H]2C=Cc3ccccc3N12. The second-order valence-electron chi connectivity index (χ2n) is 8.96. The van der Waals surface area contributed by atoms with Gasteiger partial charge in [0.05, 0.1) is 30.5 Å². The van der Waals surface area contributed by atoms with Crippen molar-refractivity contribution < 1.29 is 19.1 Å². The Labute approximate surface area is 186 Å². The van der Waals surface area contributed by atoms with Gasteiger partial charge in [0.25, 0.3) is 0 Å². The van der Waals surface area contributed by atoms with Crippen LogP contribution in [-0.4, -0.2) is 53.8 Å². The van der Waals surface area contributed by atoms with Gasteiger partial charge in [0.15, 0.2) is 5.78 Å². The van der Waals surface area contributed by atoms with Gasteiger partial charge in [0, 0.05) is 17.9 Å². The third kappa shape index (κ3) is 2.79. The van der Waals surface area contributed by atoms with Gasteiger partial charge in [-0.1, -0.05) is 60.7 Å². The van der Waals surface area contributed by atoms with Crippen molar-refractivity contribution in [1.29, 1.82) is 0 Å². The number of rotatable bonds is 4. The molecule has 3 saturated heterocycles. The molecule has 0 spiro atoms. The average Bonchev–Trinajstić information content (AvgIpc) is 3.52. The first kappa shape index (κ1) is 19.4. The minimum atomic E-state index is -0.718. The van der Waals surface area contributed by atoms with Gasteiger partial charge in [0.1, 0.15) is 6.04 Å². The number of amides is 2. The maximum Gasteiger partial charge on any atom is 0.235 e. The molecule has 6 rings (SSSR count). The van der Waals surface area contributed by atoms with E-state index in [9.17, 15) is 14.4 Å². The van der Waals surface area contributed by atoms with Gasteiger partial charge in [-0.15, -0.1) is 0 Å². The molecule has 0 N–H and O–H groups in total. The summed E-state index contributed by atoms with van der Waals surface area (Å²) in [7, 11) is 0. The van der Waals surface area contributed by atoms with Gasteiger partial charge in [-0.05, 0) is 24.5 Å². The molecule has 2 amide bonds. The third-order valence-corrected chi connectivity index (χ3v) is 7.24. The van der Waals surface area contributed by atoms with E-state index >= 15 is 0 Å². The van der Waals surface area contributed by atoms with Crippen LogP contribution in [0.1, 0.15) is 28.8 Å². The molecule has 2 aromatic rings. The van der Waals surface area contributed by atoms with Gasteiger partial charge in [0.2, 0.25) is 11.8 Å². The Bertz CT molecular complexity index is 1120. The number of para-hydroxylation sites is 1. The number of imide groups is 1. The second-order valence-corrected chi connectivity index (χ2v) is 8.96. The summed E-state index contributed by atoms with van der Waals surface area (Å²) in [6.45, 7) is 0.947. The predicted molar refractivity (Wildman–Crippen MR) is 119 cm³/mol. The first-order valence-electron chi connectivity index (χ1n) is 11.3. The maximum absolute atomic E-state index is 13.8. The number of carbonyl (C=O) groups excluding carboxylic acids is 3. The number of ether oxygens (including phenoxy) is 1. The van der Waals surface area contributed by atoms with E-state index in [2.05, 4.69) is 0 Å². The molecule has 0 radical (unpaired) electrons. The number of likely N-dealkylation sites (tertiary alicyclic amines) is 1. The fourth-order valence-corrected chi connectivity index (χ4v) is 5.82. The fraction of sp³-hybridized carbons (Fsp3) is 0.346. The van der Waals surface area contributed by atoms with Crippen LogP contribution in [0.3, 0.4) is 0 Å². The molecule has 2 aromatic carbocycles. The molecular formula is C26H24N2O4. The lowest BCUT2D eigenvalue weighted by Gasteiger charge is -2.36. The van der Waals surface area contributed by atoms with E-state index in [0.717, 1.165) is 24.1 Å². The van der Waals surface area contributed by atoms with Gasteiger partial charge in [-0.2, -0.15) is 0 Å². The zero-order valence-electron chi connectivity index (χ0n) is 17.6. The Morgan fingerprint density at radius 2 is 1.72 bits per heavy atom. The summed E-state index contributed by atoms with van der Waals surface area (Å²) in [6.07, 6.45) is 5.67. The predicted octanol–water partition coefficient (Wildman–Crippen LogP) is 2.93. The standard InChI is InChI=1S/C26H24N2O4/c29-24(17-8-2-1-3-9-17)23-22-21(20-13-12-16-7-4-5-11-19(16)28(20)23)25(30)27(26(22)31)15-18-10-6-14-32-18/h1-5,7-9,11-13,18,20-23H,6,10,14-15H2/t18-,20-,21-,22-,23-/m0/s1. The molecule has 0 unspecified atom stereocenters. The normalized spacial score (nSPS) is 30.4. The Morgan fingerprint density at radius 1 is 0.969 bits per heavy atom. The zero-order valence-corrected chi connectivity index (χ0v) is 17.6. The molecule has 0 bridgehead atoms. The van der Waals surface area contributed by atoms with Crippen molar-refractivity contribution in [3.63, 3.8) is 0 Å². The topological polar surface area (TPSA) is 66.9 Å². The van der Waals surface area contributed by atoms with Crippen LogP contribution >= 0.6 is 0 Å². The number of hydrogen-bond acceptors (Lipinski definition) is 5. The monoisotopic (exact) mass is 428 g/mol. The Kier molecular flexibility index (Phi) is 4.50. The maximum atomic E-state index is 13.8. The van der Waals surface area contributed by atoms with Crippen molar-refractivity contribution in [3.05, 3.63) is 71.8 Å². The molecule has 0 aromatic heterocycles. The smallest absolute Gasteiger partial charge is 0.235 e. The van der Waals surface area contributed by atoms with Crippen LogP contribution in [0.5, 0.6) is 0 Å². The van der Waals surface area contributed by atoms with Gasteiger partial charge >= 0.3 is 0 Å². The van der Waals surface area contributed by atoms with Crippen LogP contribution in [-0.2, 0) is 14.3 Å². The molecule has 4 aliphatic heterocycles. The molecule has 0 saturated carbocycles. The molecule has 0 aliphatic carbocycles. The van der Waals surface area contributed by atoms with Crippen LogP contribution in [0.2, 0.25) is 0 Å². The molecule has 3 fully saturated rings. The molecule has 4 heterocycles. The van der Waals surface area contributed by atoms with Crippen molar-refractivity contribution in [1.82, 2.24) is 4.90 Å². The average molecular weight is 428 g/mol. The van der Waals surface area contributed by atoms with E-state index in [0.29, 0.717) is 12.2 Å². The van der Waals surface area contributed by atoms with Gasteiger partial charge < -0.3 is 9.64 Å². The van der Waals surface area contributed by atoms with E-state index in [-0.39, 0.29) is 36.3 Å². The van der Waals surface area contributed by atoms with E-state index < -0.39 is 17.9 Å². The van der Waals surface area contributed by atoms with E-state index in [4.69, 9.17) is 4.74 Å². The van der Waals surface area contributed by atoms with Crippen molar-refractivity contribution in [3.8, 4) is 0 Å². The summed E-state index contributed by atoms with van der Waals surface area (Å²) in [5, 5.41) is 0. The Balaban J connectivity index is 1.43. The summed E-state index contributed by atoms with van der Waals surface area (Å²) in [4.78, 5) is 44.3. The largest absolute Gasteiger partial charge is 0.376 e. The minimum Gasteiger partial charge on any atom is -0.376 e. The summed E-state index contributed by atoms with van der Waals surface area (Å²) in [5.74, 6) is -1.81. The lowest BCUT2D eigenvalue weighted by molar-refractivity contribution is -0.142. The Hall–Kier alpha value is -3.25. The first-order valence-corrected chi connectivity index (χ1v) is 11.3. The van der Waals surface area contributed by atoms with Crippen LogP contribution in [0.25, 0.3) is 6.08 Å². The third-order valence-electron chi connectivity index (χ3n) is 7.24. The number of anilines is 1. The van der Waals surface area contributed by atoms with Crippen LogP contribution in [0.4, 0.5) is 5.69 Å². The highest BCUT2D eigenvalue weighted by Gasteiger charge is 2.64. The quantitative estimate of drug-likeness (QED) is 0.553. The van der Waals surface area contributed by atoms with Crippen molar-refractivity contribution in [2.75, 3.05) is 18.1 Å². The number of carbonyl (C=O) groups is 3. The first-order chi connectivity index (χ1) is 15.6. The highest BCUT2D eigenvalue weighted by molar-refractivity contribution is 6.14. The zero-order chi connectivity index (χ0) is 21.8. The summed E-state index contributed by atoms with van der Waals surface area (Å²) in [6, 6.07) is 15.9. The number of Topliss-reactive ketones (excluding diaryl/α,β-unsaturated/α-hetero) is 1. The highest BCUT2D eigenvalue weighted by atomic mass is 16.5. The lowest BCUT2D eigenvalue weighted by Crippen LogP contribution is -2.49. The molecule has 6 heteroatoms. The van der Waals surface area contributed by atoms with Crippen LogP contribution in [0, 0.1) is 11.8 Å². The van der Waals surface area contributed by atoms with Crippen molar-refractivity contribution in [2.24, 2.45) is 11.8 Å². The molecule has 5 atom stereocenters. The molecule has 162 valence electrons. The van der Waals surface area contributed by atoms with Gasteiger partial charge in [-0.25, -0.2) is 0 Å². The van der Waals surface area contributed by atoms with Crippen molar-refractivity contribution >= 4 is 29.4 Å². The minimum absolute atomic E-state index is 0.108. The highest BCUT2D eigenvalue weighted by Crippen LogP contribution is 2.49. The van der Waals surface area contributed by atoms with Gasteiger partial charge in [-0.3, -0.25) is 19.3 Å². The lowest BCUT2D eigenvalue weighted by atomic mass is 9.86. The van der Waals surface area contributed by atoms with E-state index in [1.165, 1.54) is 4.90 Å². The summed E-state index contributed by atoms with van der Waals surface area (Å²) in [5.41, 5.74) is 2.45. The van der Waals surface area contributed by atoms with Crippen LogP contribution in [0.15, 0.2) is 60.7 Å². The van der Waals surface area contributed by atoms with E-state index in [1.807, 2.05) is 59.5 Å². The molecule has 32 heavy (non-hydrogen) atoms. The van der Waals surface area contributed by atoms with E-state index in [1.54, 1.807) is 12.1 Å². The van der Waals surface area contributed by atoms with Crippen molar-refractivity contribution in [2.45, 2.75) is 31.0 Å². The fourth-order valence-electron chi connectivity index (χ4n) is 5.82. The number of benzene rings is 2. The Morgan fingerprint density at radius 3 is 2.50 bits per heavy atom. The molecule has 4 aliphatic rings. The summed E-state index contributed by atoms with van der Waals surface area (Å²) >= 11 is 0. The second kappa shape index (κ2) is 7.41. The summed E-state index contributed by atoms with van der Waals surface area (Å²) < 4.78 is 5.69.